The highest BCUT2D eigenvalue weighted by atomic mass is 79.9. The Labute approximate surface area is 134 Å². The molecule has 3 rings (SSSR count). The van der Waals surface area contributed by atoms with E-state index in [2.05, 4.69) is 26.1 Å². The Bertz CT molecular complexity index is 772. The van der Waals surface area contributed by atoms with E-state index in [1.54, 1.807) is 30.0 Å². The standard InChI is InChI=1S/C15H11BrN2O2S/c1-21-11-5-2-9(3-6-11)14-17-15(20-18-14)12-8-10(16)4-7-13(12)19/h2-8,19H,1H3. The van der Waals surface area contributed by atoms with E-state index in [4.69, 9.17) is 4.52 Å². The number of phenols is 1. The lowest BCUT2D eigenvalue weighted by atomic mass is 10.2. The molecule has 106 valence electrons. The first-order valence-corrected chi connectivity index (χ1v) is 8.16. The molecule has 0 bridgehead atoms. The van der Waals surface area contributed by atoms with E-state index in [1.807, 2.05) is 30.5 Å². The van der Waals surface area contributed by atoms with Crippen LogP contribution in [0.5, 0.6) is 5.75 Å². The van der Waals surface area contributed by atoms with Crippen molar-refractivity contribution < 1.29 is 9.63 Å². The summed E-state index contributed by atoms with van der Waals surface area (Å²) >= 11 is 5.03. The van der Waals surface area contributed by atoms with Crippen LogP contribution in [0.25, 0.3) is 22.8 Å². The number of aromatic hydroxyl groups is 1. The largest absolute Gasteiger partial charge is 0.507 e. The van der Waals surface area contributed by atoms with Crippen LogP contribution in [-0.4, -0.2) is 21.5 Å². The minimum Gasteiger partial charge on any atom is -0.507 e. The lowest BCUT2D eigenvalue weighted by Gasteiger charge is -1.99. The summed E-state index contributed by atoms with van der Waals surface area (Å²) < 4.78 is 6.08. The number of halogens is 1. The summed E-state index contributed by atoms with van der Waals surface area (Å²) in [6.07, 6.45) is 2.03. The Hall–Kier alpha value is -1.79. The zero-order chi connectivity index (χ0) is 14.8. The molecule has 1 aromatic heterocycles. The molecule has 0 aliphatic carbocycles. The molecule has 1 heterocycles. The van der Waals surface area contributed by atoms with Crippen LogP contribution >= 0.6 is 27.7 Å². The van der Waals surface area contributed by atoms with Gasteiger partial charge in [-0.3, -0.25) is 0 Å². The molecule has 0 fully saturated rings. The van der Waals surface area contributed by atoms with Crippen LogP contribution < -0.4 is 0 Å². The first-order valence-electron chi connectivity index (χ1n) is 6.14. The molecule has 0 aliphatic heterocycles. The van der Waals surface area contributed by atoms with Gasteiger partial charge in [0.05, 0.1) is 5.56 Å². The van der Waals surface area contributed by atoms with E-state index in [1.165, 1.54) is 4.90 Å². The maximum Gasteiger partial charge on any atom is 0.262 e. The van der Waals surface area contributed by atoms with Crippen LogP contribution in [0.1, 0.15) is 0 Å². The predicted molar refractivity (Wildman–Crippen MR) is 86.3 cm³/mol. The average Bonchev–Trinajstić information content (AvgIpc) is 2.99. The van der Waals surface area contributed by atoms with Gasteiger partial charge in [-0.05, 0) is 48.7 Å². The SMILES string of the molecule is CSc1ccc(-c2noc(-c3cc(Br)ccc3O)n2)cc1. The van der Waals surface area contributed by atoms with Crippen molar-refractivity contribution in [3.05, 3.63) is 46.9 Å². The fourth-order valence-electron chi connectivity index (χ4n) is 1.87. The van der Waals surface area contributed by atoms with Crippen LogP contribution in [-0.2, 0) is 0 Å². The van der Waals surface area contributed by atoms with Crippen LogP contribution in [0.4, 0.5) is 0 Å². The quantitative estimate of drug-likeness (QED) is 0.690. The lowest BCUT2D eigenvalue weighted by Crippen LogP contribution is -1.82. The van der Waals surface area contributed by atoms with Crippen molar-refractivity contribution in [2.75, 3.05) is 6.26 Å². The number of thioether (sulfide) groups is 1. The van der Waals surface area contributed by atoms with Gasteiger partial charge < -0.3 is 9.63 Å². The Morgan fingerprint density at radius 2 is 1.90 bits per heavy atom. The first kappa shape index (κ1) is 14.2. The summed E-state index contributed by atoms with van der Waals surface area (Å²) in [7, 11) is 0. The Balaban J connectivity index is 1.97. The van der Waals surface area contributed by atoms with E-state index in [0.717, 1.165) is 10.0 Å². The van der Waals surface area contributed by atoms with Crippen molar-refractivity contribution >= 4 is 27.7 Å². The number of rotatable bonds is 3. The van der Waals surface area contributed by atoms with Crippen molar-refractivity contribution in [1.82, 2.24) is 10.1 Å². The van der Waals surface area contributed by atoms with Gasteiger partial charge in [0.15, 0.2) is 0 Å². The maximum absolute atomic E-state index is 9.89. The summed E-state index contributed by atoms with van der Waals surface area (Å²) in [6.45, 7) is 0. The van der Waals surface area contributed by atoms with Gasteiger partial charge in [-0.15, -0.1) is 11.8 Å². The second kappa shape index (κ2) is 5.91. The maximum atomic E-state index is 9.89. The van der Waals surface area contributed by atoms with Crippen molar-refractivity contribution in [3.8, 4) is 28.6 Å². The molecule has 0 radical (unpaired) electrons. The number of hydrogen-bond acceptors (Lipinski definition) is 5. The van der Waals surface area contributed by atoms with E-state index < -0.39 is 0 Å². The van der Waals surface area contributed by atoms with Crippen molar-refractivity contribution in [2.45, 2.75) is 4.90 Å². The Morgan fingerprint density at radius 3 is 2.62 bits per heavy atom. The van der Waals surface area contributed by atoms with Gasteiger partial charge in [0, 0.05) is 14.9 Å². The normalized spacial score (nSPS) is 10.8. The van der Waals surface area contributed by atoms with Crippen LogP contribution in [0.3, 0.4) is 0 Å². The van der Waals surface area contributed by atoms with Crippen LogP contribution in [0.2, 0.25) is 0 Å². The number of hydrogen-bond donors (Lipinski definition) is 1. The number of benzene rings is 2. The van der Waals surface area contributed by atoms with Crippen LogP contribution in [0.15, 0.2) is 56.4 Å². The summed E-state index contributed by atoms with van der Waals surface area (Å²) in [6, 6.07) is 13.0. The van der Waals surface area contributed by atoms with Gasteiger partial charge in [0.1, 0.15) is 5.75 Å². The molecule has 3 aromatic rings. The molecule has 0 unspecified atom stereocenters. The van der Waals surface area contributed by atoms with Gasteiger partial charge >= 0.3 is 0 Å². The summed E-state index contributed by atoms with van der Waals surface area (Å²) in [5.41, 5.74) is 1.38. The summed E-state index contributed by atoms with van der Waals surface area (Å²) in [5.74, 6) is 0.890. The van der Waals surface area contributed by atoms with Gasteiger partial charge in [-0.2, -0.15) is 4.98 Å². The molecule has 0 atom stereocenters. The predicted octanol–water partition coefficient (Wildman–Crippen LogP) is 4.59. The van der Waals surface area contributed by atoms with Crippen molar-refractivity contribution in [3.63, 3.8) is 0 Å². The molecule has 0 aliphatic rings. The van der Waals surface area contributed by atoms with Gasteiger partial charge in [-0.25, -0.2) is 0 Å². The molecule has 0 saturated heterocycles. The van der Waals surface area contributed by atoms with Gasteiger partial charge in [0.25, 0.3) is 5.89 Å². The zero-order valence-electron chi connectivity index (χ0n) is 11.1. The van der Waals surface area contributed by atoms with Gasteiger partial charge in [-0.1, -0.05) is 21.1 Å². The Morgan fingerprint density at radius 1 is 1.14 bits per heavy atom. The highest BCUT2D eigenvalue weighted by Crippen LogP contribution is 2.32. The molecule has 1 N–H and O–H groups in total. The topological polar surface area (TPSA) is 59.2 Å². The first-order chi connectivity index (χ1) is 10.2. The molecule has 0 spiro atoms. The average molecular weight is 363 g/mol. The smallest absolute Gasteiger partial charge is 0.262 e. The molecule has 2 aromatic carbocycles. The molecular weight excluding hydrogens is 352 g/mol. The fourth-order valence-corrected chi connectivity index (χ4v) is 2.64. The number of phenolic OH excluding ortho intramolecular Hbond substituents is 1. The molecule has 4 nitrogen and oxygen atoms in total. The zero-order valence-corrected chi connectivity index (χ0v) is 13.5. The third kappa shape index (κ3) is 2.96. The monoisotopic (exact) mass is 362 g/mol. The number of nitrogens with zero attached hydrogens (tertiary/aromatic N) is 2. The third-order valence-corrected chi connectivity index (χ3v) is 4.20. The van der Waals surface area contributed by atoms with Gasteiger partial charge in [0.2, 0.25) is 5.82 Å². The summed E-state index contributed by atoms with van der Waals surface area (Å²) in [5, 5.41) is 13.9. The lowest BCUT2D eigenvalue weighted by molar-refractivity contribution is 0.425. The molecule has 6 heteroatoms. The second-order valence-electron chi connectivity index (χ2n) is 4.31. The third-order valence-electron chi connectivity index (χ3n) is 2.96. The second-order valence-corrected chi connectivity index (χ2v) is 6.11. The van der Waals surface area contributed by atoms with E-state index >= 15 is 0 Å². The van der Waals surface area contributed by atoms with E-state index in [-0.39, 0.29) is 11.6 Å². The highest BCUT2D eigenvalue weighted by Gasteiger charge is 2.14. The van der Waals surface area contributed by atoms with Crippen molar-refractivity contribution in [2.24, 2.45) is 0 Å². The van der Waals surface area contributed by atoms with E-state index in [9.17, 15) is 5.11 Å². The molecule has 0 saturated carbocycles. The minimum atomic E-state index is 0.103. The Kier molecular flexibility index (Phi) is 3.98. The molecular formula is C15H11BrN2O2S. The minimum absolute atomic E-state index is 0.103. The highest BCUT2D eigenvalue weighted by molar-refractivity contribution is 9.10. The molecule has 21 heavy (non-hydrogen) atoms. The summed E-state index contributed by atoms with van der Waals surface area (Å²) in [4.78, 5) is 5.52. The molecule has 0 amide bonds. The number of aromatic nitrogens is 2. The van der Waals surface area contributed by atoms with Crippen LogP contribution in [0, 0.1) is 0 Å². The van der Waals surface area contributed by atoms with Crippen molar-refractivity contribution in [1.29, 1.82) is 0 Å². The van der Waals surface area contributed by atoms with E-state index in [0.29, 0.717) is 11.4 Å². The fraction of sp³-hybridized carbons (Fsp3) is 0.0667.